The fourth-order valence-electron chi connectivity index (χ4n) is 0.852. The monoisotopic (exact) mass is 176 g/mol. The molecule has 0 aromatic rings. The zero-order valence-electron chi connectivity index (χ0n) is 7.32. The predicted molar refractivity (Wildman–Crippen MR) is 44.6 cm³/mol. The van der Waals surface area contributed by atoms with Gasteiger partial charge in [0.25, 0.3) is 0 Å². The summed E-state index contributed by atoms with van der Waals surface area (Å²) in [6.45, 7) is 1.79. The first-order chi connectivity index (χ1) is 5.70. The summed E-state index contributed by atoms with van der Waals surface area (Å²) in [7, 11) is 1.58. The van der Waals surface area contributed by atoms with Crippen LogP contribution in [0, 0.1) is 0 Å². The molecular formula is C7H16N2O3. The van der Waals surface area contributed by atoms with Gasteiger partial charge in [0.1, 0.15) is 0 Å². The number of methoxy groups -OCH3 is 1. The average molecular weight is 176 g/mol. The Labute approximate surface area is 72.1 Å². The van der Waals surface area contributed by atoms with Crippen LogP contribution in [0.1, 0.15) is 0 Å². The molecule has 0 heterocycles. The van der Waals surface area contributed by atoms with E-state index in [1.165, 1.54) is 0 Å². The highest BCUT2D eigenvalue weighted by atomic mass is 16.5. The van der Waals surface area contributed by atoms with E-state index in [1.54, 1.807) is 12.0 Å². The predicted octanol–water partition coefficient (Wildman–Crippen LogP) is -1.59. The third kappa shape index (κ3) is 6.09. The Morgan fingerprint density at radius 2 is 2.25 bits per heavy atom. The molecule has 0 aliphatic heterocycles. The van der Waals surface area contributed by atoms with Crippen molar-refractivity contribution in [2.75, 3.05) is 40.0 Å². The molecule has 0 spiro atoms. The van der Waals surface area contributed by atoms with Crippen molar-refractivity contribution in [1.82, 2.24) is 4.90 Å². The second-order valence-corrected chi connectivity index (χ2v) is 2.46. The number of aliphatic hydroxyl groups is 1. The van der Waals surface area contributed by atoms with E-state index < -0.39 is 0 Å². The topological polar surface area (TPSA) is 75.8 Å². The summed E-state index contributed by atoms with van der Waals surface area (Å²) in [5.41, 5.74) is 4.99. The molecule has 72 valence electrons. The van der Waals surface area contributed by atoms with Crippen molar-refractivity contribution in [1.29, 1.82) is 0 Å². The van der Waals surface area contributed by atoms with Crippen molar-refractivity contribution in [2.24, 2.45) is 5.73 Å². The summed E-state index contributed by atoms with van der Waals surface area (Å²) in [5.74, 6) is -0.389. The van der Waals surface area contributed by atoms with Gasteiger partial charge >= 0.3 is 0 Å². The first-order valence-electron chi connectivity index (χ1n) is 3.81. The average Bonchev–Trinajstić information content (AvgIpc) is 2.00. The number of amides is 1. The largest absolute Gasteiger partial charge is 0.395 e. The van der Waals surface area contributed by atoms with Crippen LogP contribution in [0.5, 0.6) is 0 Å². The Bertz CT molecular complexity index is 130. The van der Waals surface area contributed by atoms with E-state index in [1.807, 2.05) is 0 Å². The van der Waals surface area contributed by atoms with Gasteiger partial charge in [0.05, 0.1) is 19.8 Å². The van der Waals surface area contributed by atoms with Crippen LogP contribution in [0.4, 0.5) is 0 Å². The molecule has 0 bridgehead atoms. The summed E-state index contributed by atoms with van der Waals surface area (Å²) < 4.78 is 4.82. The van der Waals surface area contributed by atoms with Crippen LogP contribution in [-0.4, -0.2) is 55.9 Å². The maximum Gasteiger partial charge on any atom is 0.231 e. The van der Waals surface area contributed by atoms with Crippen molar-refractivity contribution in [3.63, 3.8) is 0 Å². The number of nitrogens with two attached hydrogens (primary N) is 1. The zero-order valence-corrected chi connectivity index (χ0v) is 7.32. The molecule has 0 saturated carbocycles. The molecule has 0 radical (unpaired) electrons. The number of aliphatic hydroxyl groups excluding tert-OH is 1. The lowest BCUT2D eigenvalue weighted by atomic mass is 10.4. The highest BCUT2D eigenvalue weighted by molar-refractivity contribution is 5.75. The quantitative estimate of drug-likeness (QED) is 0.490. The second-order valence-electron chi connectivity index (χ2n) is 2.46. The van der Waals surface area contributed by atoms with E-state index in [-0.39, 0.29) is 19.1 Å². The summed E-state index contributed by atoms with van der Waals surface area (Å²) in [4.78, 5) is 12.2. The standard InChI is InChI=1S/C7H16N2O3/c1-12-5-3-9(2-4-10)6-7(8)11/h10H,2-6H2,1H3,(H2,8,11). The molecule has 5 nitrogen and oxygen atoms in total. The Morgan fingerprint density at radius 1 is 1.58 bits per heavy atom. The smallest absolute Gasteiger partial charge is 0.231 e. The van der Waals surface area contributed by atoms with Gasteiger partial charge in [-0.15, -0.1) is 0 Å². The van der Waals surface area contributed by atoms with Crippen LogP contribution in [-0.2, 0) is 9.53 Å². The van der Waals surface area contributed by atoms with Crippen LogP contribution in [0.25, 0.3) is 0 Å². The maximum atomic E-state index is 10.5. The highest BCUT2D eigenvalue weighted by Crippen LogP contribution is 1.86. The van der Waals surface area contributed by atoms with Crippen molar-refractivity contribution >= 4 is 5.91 Å². The van der Waals surface area contributed by atoms with Gasteiger partial charge in [-0.25, -0.2) is 0 Å². The van der Waals surface area contributed by atoms with Gasteiger partial charge in [0.15, 0.2) is 0 Å². The van der Waals surface area contributed by atoms with E-state index >= 15 is 0 Å². The normalized spacial score (nSPS) is 10.6. The number of carbonyl (C=O) groups excluding carboxylic acids is 1. The molecule has 5 heteroatoms. The minimum atomic E-state index is -0.389. The van der Waals surface area contributed by atoms with Crippen LogP contribution in [0.2, 0.25) is 0 Å². The fraction of sp³-hybridized carbons (Fsp3) is 0.857. The van der Waals surface area contributed by atoms with E-state index in [9.17, 15) is 4.79 Å². The lowest BCUT2D eigenvalue weighted by Gasteiger charge is -2.18. The minimum absolute atomic E-state index is 0.0248. The van der Waals surface area contributed by atoms with Gasteiger partial charge in [-0.05, 0) is 0 Å². The molecule has 0 aliphatic carbocycles. The molecule has 0 atom stereocenters. The number of rotatable bonds is 7. The maximum absolute atomic E-state index is 10.5. The summed E-state index contributed by atoms with van der Waals surface area (Å²) in [5, 5.41) is 8.61. The van der Waals surface area contributed by atoms with E-state index in [0.717, 1.165) is 0 Å². The summed E-state index contributed by atoms with van der Waals surface area (Å²) >= 11 is 0. The molecule has 3 N–H and O–H groups in total. The second kappa shape index (κ2) is 7.02. The lowest BCUT2D eigenvalue weighted by molar-refractivity contribution is -0.119. The van der Waals surface area contributed by atoms with Gasteiger partial charge in [-0.2, -0.15) is 0 Å². The SMILES string of the molecule is COCCN(CCO)CC(N)=O. The molecular weight excluding hydrogens is 160 g/mol. The van der Waals surface area contributed by atoms with Crippen LogP contribution in [0.3, 0.4) is 0 Å². The van der Waals surface area contributed by atoms with E-state index in [4.69, 9.17) is 15.6 Å². The van der Waals surface area contributed by atoms with Crippen LogP contribution < -0.4 is 5.73 Å². The van der Waals surface area contributed by atoms with Crippen molar-refractivity contribution in [2.45, 2.75) is 0 Å². The van der Waals surface area contributed by atoms with Crippen molar-refractivity contribution in [3.8, 4) is 0 Å². The third-order valence-electron chi connectivity index (χ3n) is 1.41. The Balaban J connectivity index is 3.61. The molecule has 1 amide bonds. The van der Waals surface area contributed by atoms with Gasteiger partial charge in [0, 0.05) is 20.2 Å². The van der Waals surface area contributed by atoms with Gasteiger partial charge < -0.3 is 15.6 Å². The Kier molecular flexibility index (Phi) is 6.64. The number of carbonyl (C=O) groups is 1. The molecule has 0 saturated heterocycles. The molecule has 0 unspecified atom stereocenters. The first-order valence-corrected chi connectivity index (χ1v) is 3.81. The summed E-state index contributed by atoms with van der Waals surface area (Å²) in [6, 6.07) is 0. The molecule has 0 aliphatic rings. The fourth-order valence-corrected chi connectivity index (χ4v) is 0.852. The third-order valence-corrected chi connectivity index (χ3v) is 1.41. The zero-order chi connectivity index (χ0) is 9.40. The van der Waals surface area contributed by atoms with E-state index in [0.29, 0.717) is 19.7 Å². The van der Waals surface area contributed by atoms with Gasteiger partial charge in [0.2, 0.25) is 5.91 Å². The summed E-state index contributed by atoms with van der Waals surface area (Å²) in [6.07, 6.45) is 0. The molecule has 0 aromatic carbocycles. The lowest BCUT2D eigenvalue weighted by Crippen LogP contribution is -2.37. The number of nitrogens with zero attached hydrogens (tertiary/aromatic N) is 1. The number of hydrogen-bond acceptors (Lipinski definition) is 4. The number of primary amides is 1. The van der Waals surface area contributed by atoms with Gasteiger partial charge in [-0.1, -0.05) is 0 Å². The number of ether oxygens (including phenoxy) is 1. The highest BCUT2D eigenvalue weighted by Gasteiger charge is 2.06. The van der Waals surface area contributed by atoms with Crippen molar-refractivity contribution < 1.29 is 14.6 Å². The minimum Gasteiger partial charge on any atom is -0.395 e. The Hall–Kier alpha value is -0.650. The molecule has 12 heavy (non-hydrogen) atoms. The van der Waals surface area contributed by atoms with Crippen LogP contribution in [0.15, 0.2) is 0 Å². The first kappa shape index (κ1) is 11.4. The van der Waals surface area contributed by atoms with Gasteiger partial charge in [-0.3, -0.25) is 9.69 Å². The molecule has 0 fully saturated rings. The molecule has 0 aromatic heterocycles. The van der Waals surface area contributed by atoms with Crippen LogP contribution >= 0.6 is 0 Å². The number of hydrogen-bond donors (Lipinski definition) is 2. The Morgan fingerprint density at radius 3 is 2.67 bits per heavy atom. The molecule has 0 rings (SSSR count). The van der Waals surface area contributed by atoms with E-state index in [2.05, 4.69) is 0 Å². The van der Waals surface area contributed by atoms with Crippen molar-refractivity contribution in [3.05, 3.63) is 0 Å².